The topological polar surface area (TPSA) is 6.48 Å². The van der Waals surface area contributed by atoms with Gasteiger partial charge in [0.05, 0.1) is 0 Å². The second-order valence-electron chi connectivity index (χ2n) is 8.97. The Morgan fingerprint density at radius 3 is 2.52 bits per heavy atom. The fourth-order valence-corrected chi connectivity index (χ4v) is 5.27. The lowest BCUT2D eigenvalue weighted by Crippen LogP contribution is -2.45. The molecule has 2 nitrogen and oxygen atoms in total. The normalized spacial score (nSPS) is 23.1. The minimum absolute atomic E-state index is 0.130. The van der Waals surface area contributed by atoms with Crippen LogP contribution >= 0.6 is 0 Å². The highest BCUT2D eigenvalue weighted by atomic mass is 19.1. The number of hydrogen-bond acceptors (Lipinski definition) is 2. The summed E-state index contributed by atoms with van der Waals surface area (Å²) in [5.41, 5.74) is 4.33. The van der Waals surface area contributed by atoms with E-state index >= 15 is 0 Å². The number of unbranched alkanes of at least 4 members (excludes halogenated alkanes) is 2. The zero-order chi connectivity index (χ0) is 20.1. The number of benzene rings is 2. The maximum Gasteiger partial charge on any atom is 0.123 e. The Kier molecular flexibility index (Phi) is 6.99. The molecule has 2 heterocycles. The van der Waals surface area contributed by atoms with Crippen molar-refractivity contribution in [3.8, 4) is 0 Å². The van der Waals surface area contributed by atoms with Crippen molar-refractivity contribution in [2.24, 2.45) is 5.92 Å². The van der Waals surface area contributed by atoms with E-state index in [9.17, 15) is 4.39 Å². The third kappa shape index (κ3) is 5.26. The van der Waals surface area contributed by atoms with Crippen molar-refractivity contribution in [3.05, 3.63) is 71.0 Å². The molecule has 0 spiro atoms. The lowest BCUT2D eigenvalue weighted by Gasteiger charge is -2.42. The van der Waals surface area contributed by atoms with Crippen LogP contribution in [0.3, 0.4) is 0 Å². The van der Waals surface area contributed by atoms with Gasteiger partial charge in [0.2, 0.25) is 0 Å². The van der Waals surface area contributed by atoms with Gasteiger partial charge in [0, 0.05) is 26.2 Å². The number of piperidine rings is 1. The second kappa shape index (κ2) is 9.86. The summed E-state index contributed by atoms with van der Waals surface area (Å²) in [4.78, 5) is 5.33. The zero-order valence-electron chi connectivity index (χ0n) is 17.8. The minimum atomic E-state index is -0.130. The number of nitrogens with zero attached hydrogens (tertiary/aromatic N) is 2. The summed E-state index contributed by atoms with van der Waals surface area (Å²) >= 11 is 0. The predicted octanol–water partition coefficient (Wildman–Crippen LogP) is 5.48. The molecule has 4 rings (SSSR count). The Labute approximate surface area is 175 Å². The number of fused-ring (bicyclic) bond motifs is 1. The van der Waals surface area contributed by atoms with Crippen LogP contribution in [0.15, 0.2) is 48.5 Å². The smallest absolute Gasteiger partial charge is 0.123 e. The molecule has 0 amide bonds. The number of likely N-dealkylation sites (tertiary alicyclic amines) is 1. The largest absolute Gasteiger partial charge is 0.303 e. The molecule has 0 N–H and O–H groups in total. The van der Waals surface area contributed by atoms with Gasteiger partial charge < -0.3 is 4.90 Å². The van der Waals surface area contributed by atoms with Crippen LogP contribution in [0.4, 0.5) is 4.39 Å². The Morgan fingerprint density at radius 2 is 1.72 bits per heavy atom. The molecule has 0 saturated carbocycles. The summed E-state index contributed by atoms with van der Waals surface area (Å²) in [5.74, 6) is 1.02. The molecule has 29 heavy (non-hydrogen) atoms. The van der Waals surface area contributed by atoms with Crippen molar-refractivity contribution in [2.75, 3.05) is 32.7 Å². The fourth-order valence-electron chi connectivity index (χ4n) is 5.27. The molecular weight excluding hydrogens is 359 g/mol. The van der Waals surface area contributed by atoms with Gasteiger partial charge in [-0.2, -0.15) is 0 Å². The summed E-state index contributed by atoms with van der Waals surface area (Å²) in [6.45, 7) is 9.20. The van der Waals surface area contributed by atoms with Crippen molar-refractivity contribution >= 4 is 0 Å². The van der Waals surface area contributed by atoms with Crippen LogP contribution < -0.4 is 0 Å². The molecule has 2 atom stereocenters. The monoisotopic (exact) mass is 394 g/mol. The van der Waals surface area contributed by atoms with Crippen LogP contribution in [0.2, 0.25) is 0 Å². The van der Waals surface area contributed by atoms with Crippen molar-refractivity contribution in [2.45, 2.75) is 51.5 Å². The molecule has 2 aromatic carbocycles. The molecule has 0 aromatic heterocycles. The van der Waals surface area contributed by atoms with Crippen LogP contribution in [0.25, 0.3) is 0 Å². The molecule has 0 bridgehead atoms. The molecular formula is C26H35FN2. The Morgan fingerprint density at radius 1 is 0.931 bits per heavy atom. The van der Waals surface area contributed by atoms with Crippen LogP contribution in [-0.4, -0.2) is 42.5 Å². The van der Waals surface area contributed by atoms with E-state index < -0.39 is 0 Å². The first kappa shape index (κ1) is 20.6. The summed E-state index contributed by atoms with van der Waals surface area (Å²) in [6.07, 6.45) is 6.26. The number of halogens is 1. The highest BCUT2D eigenvalue weighted by molar-refractivity contribution is 5.29. The standard InChI is InChI=1S/C26H35FN2/c1-2-3-6-15-28-17-14-26(22-9-11-25(27)12-10-22)24(19-28)20-29-16-13-21-7-4-5-8-23(21)18-29/h4-5,7-12,24,26H,2-3,6,13-20H2,1H3. The first-order chi connectivity index (χ1) is 14.2. The van der Waals surface area contributed by atoms with Gasteiger partial charge in [-0.05, 0) is 73.0 Å². The molecule has 1 saturated heterocycles. The first-order valence-electron chi connectivity index (χ1n) is 11.5. The molecule has 2 unspecified atom stereocenters. The summed E-state index contributed by atoms with van der Waals surface area (Å²) in [6, 6.07) is 16.2. The Balaban J connectivity index is 1.46. The van der Waals surface area contributed by atoms with Crippen molar-refractivity contribution in [1.29, 1.82) is 0 Å². The average Bonchev–Trinajstić information content (AvgIpc) is 2.75. The van der Waals surface area contributed by atoms with E-state index in [1.807, 2.05) is 12.1 Å². The van der Waals surface area contributed by atoms with Crippen LogP contribution in [0, 0.1) is 11.7 Å². The van der Waals surface area contributed by atoms with E-state index in [0.717, 1.165) is 26.1 Å². The predicted molar refractivity (Wildman–Crippen MR) is 119 cm³/mol. The third-order valence-electron chi connectivity index (χ3n) is 6.90. The quantitative estimate of drug-likeness (QED) is 0.574. The SMILES string of the molecule is CCCCCN1CCC(c2ccc(F)cc2)C(CN2CCc3ccccc3C2)C1. The second-order valence-corrected chi connectivity index (χ2v) is 8.97. The van der Waals surface area contributed by atoms with Gasteiger partial charge in [-0.3, -0.25) is 4.90 Å². The molecule has 156 valence electrons. The molecule has 2 aliphatic heterocycles. The molecule has 0 radical (unpaired) electrons. The maximum absolute atomic E-state index is 13.5. The highest BCUT2D eigenvalue weighted by Gasteiger charge is 2.32. The number of rotatable bonds is 7. The Bertz CT molecular complexity index is 773. The summed E-state index contributed by atoms with van der Waals surface area (Å²) < 4.78 is 13.5. The zero-order valence-corrected chi connectivity index (χ0v) is 17.8. The maximum atomic E-state index is 13.5. The van der Waals surface area contributed by atoms with Gasteiger partial charge in [-0.1, -0.05) is 56.2 Å². The van der Waals surface area contributed by atoms with E-state index in [1.54, 1.807) is 12.1 Å². The van der Waals surface area contributed by atoms with Gasteiger partial charge in [0.25, 0.3) is 0 Å². The minimum Gasteiger partial charge on any atom is -0.303 e. The van der Waals surface area contributed by atoms with Crippen LogP contribution in [-0.2, 0) is 13.0 Å². The van der Waals surface area contributed by atoms with E-state index in [2.05, 4.69) is 41.0 Å². The van der Waals surface area contributed by atoms with Crippen molar-refractivity contribution < 1.29 is 4.39 Å². The third-order valence-corrected chi connectivity index (χ3v) is 6.90. The first-order valence-corrected chi connectivity index (χ1v) is 11.5. The van der Waals surface area contributed by atoms with Crippen molar-refractivity contribution in [3.63, 3.8) is 0 Å². The lowest BCUT2D eigenvalue weighted by atomic mass is 9.79. The summed E-state index contributed by atoms with van der Waals surface area (Å²) in [7, 11) is 0. The van der Waals surface area contributed by atoms with E-state index in [0.29, 0.717) is 11.8 Å². The van der Waals surface area contributed by atoms with Crippen LogP contribution in [0.5, 0.6) is 0 Å². The highest BCUT2D eigenvalue weighted by Crippen LogP contribution is 2.35. The van der Waals surface area contributed by atoms with Gasteiger partial charge in [-0.15, -0.1) is 0 Å². The van der Waals surface area contributed by atoms with Crippen molar-refractivity contribution in [1.82, 2.24) is 9.80 Å². The molecule has 1 fully saturated rings. The van der Waals surface area contributed by atoms with E-state index in [4.69, 9.17) is 0 Å². The van der Waals surface area contributed by atoms with Crippen LogP contribution in [0.1, 0.15) is 55.2 Å². The van der Waals surface area contributed by atoms with Gasteiger partial charge in [0.1, 0.15) is 5.82 Å². The molecule has 3 heteroatoms. The van der Waals surface area contributed by atoms with E-state index in [1.165, 1.54) is 62.0 Å². The van der Waals surface area contributed by atoms with Gasteiger partial charge >= 0.3 is 0 Å². The van der Waals surface area contributed by atoms with E-state index in [-0.39, 0.29) is 5.82 Å². The van der Waals surface area contributed by atoms with Gasteiger partial charge in [0.15, 0.2) is 0 Å². The molecule has 2 aromatic rings. The van der Waals surface area contributed by atoms with Gasteiger partial charge in [-0.25, -0.2) is 4.39 Å². The fraction of sp³-hybridized carbons (Fsp3) is 0.538. The number of hydrogen-bond donors (Lipinski definition) is 0. The molecule has 2 aliphatic rings. The lowest BCUT2D eigenvalue weighted by molar-refractivity contribution is 0.108. The average molecular weight is 395 g/mol. The Hall–Kier alpha value is -1.71. The summed E-state index contributed by atoms with van der Waals surface area (Å²) in [5, 5.41) is 0. The molecule has 0 aliphatic carbocycles.